The molecule has 3 rings (SSSR count). The highest BCUT2D eigenvalue weighted by atomic mass is 16.6. The number of methoxy groups -OCH3 is 1. The number of aromatic hydroxyl groups is 1. The van der Waals surface area contributed by atoms with E-state index < -0.39 is 16.4 Å². The third-order valence-corrected chi connectivity index (χ3v) is 3.95. The van der Waals surface area contributed by atoms with Gasteiger partial charge in [0.2, 0.25) is 5.75 Å². The van der Waals surface area contributed by atoms with Gasteiger partial charge in [0.1, 0.15) is 0 Å². The fourth-order valence-corrected chi connectivity index (χ4v) is 2.59. The number of hydrogen-bond acceptors (Lipinski definition) is 7. The summed E-state index contributed by atoms with van der Waals surface area (Å²) in [6, 6.07) is 7.47. The largest absolute Gasteiger partial charge is 0.500 e. The van der Waals surface area contributed by atoms with Gasteiger partial charge in [0, 0.05) is 18.1 Å². The molecule has 2 aromatic rings. The predicted molar refractivity (Wildman–Crippen MR) is 96.7 cm³/mol. The molecule has 0 aromatic heterocycles. The lowest BCUT2D eigenvalue weighted by atomic mass is 10.1. The normalized spacial score (nSPS) is 13.2. The van der Waals surface area contributed by atoms with Gasteiger partial charge in [-0.3, -0.25) is 14.9 Å². The van der Waals surface area contributed by atoms with Crippen molar-refractivity contribution in [1.29, 1.82) is 0 Å². The Morgan fingerprint density at radius 1 is 1.22 bits per heavy atom. The molecule has 1 N–H and O–H groups in total. The number of nitrogens with zero attached hydrogens (tertiary/aromatic N) is 1. The molecular formula is C19H17NO7. The fraction of sp³-hybridized carbons (Fsp3) is 0.211. The van der Waals surface area contributed by atoms with Crippen LogP contribution in [0.25, 0.3) is 6.08 Å². The lowest BCUT2D eigenvalue weighted by Gasteiger charge is -2.08. The summed E-state index contributed by atoms with van der Waals surface area (Å²) in [6.45, 7) is 1.07. The van der Waals surface area contributed by atoms with Crippen LogP contribution in [0, 0.1) is 10.1 Å². The number of rotatable bonds is 5. The Balaban J connectivity index is 1.86. The zero-order valence-electron chi connectivity index (χ0n) is 14.5. The van der Waals surface area contributed by atoms with E-state index in [4.69, 9.17) is 14.2 Å². The first-order valence-electron chi connectivity index (χ1n) is 8.17. The molecule has 8 heteroatoms. The minimum Gasteiger partial charge on any atom is -0.500 e. The Kier molecular flexibility index (Phi) is 5.25. The summed E-state index contributed by atoms with van der Waals surface area (Å²) in [5.41, 5.74) is 0.242. The summed E-state index contributed by atoms with van der Waals surface area (Å²) in [4.78, 5) is 22.8. The number of fused-ring (bicyclic) bond motifs is 1. The molecule has 0 saturated heterocycles. The fourth-order valence-electron chi connectivity index (χ4n) is 2.59. The van der Waals surface area contributed by atoms with Gasteiger partial charge in [-0.1, -0.05) is 6.08 Å². The molecule has 0 amide bonds. The van der Waals surface area contributed by atoms with Crippen molar-refractivity contribution in [2.45, 2.75) is 6.42 Å². The second kappa shape index (κ2) is 7.77. The van der Waals surface area contributed by atoms with Crippen molar-refractivity contribution in [1.82, 2.24) is 0 Å². The predicted octanol–water partition coefficient (Wildman–Crippen LogP) is 3.37. The van der Waals surface area contributed by atoms with Crippen LogP contribution in [-0.4, -0.2) is 36.1 Å². The first kappa shape index (κ1) is 18.2. The van der Waals surface area contributed by atoms with E-state index in [1.165, 1.54) is 25.3 Å². The molecule has 140 valence electrons. The summed E-state index contributed by atoms with van der Waals surface area (Å²) in [6.07, 6.45) is 3.47. The van der Waals surface area contributed by atoms with Crippen LogP contribution in [0.2, 0.25) is 0 Å². The zero-order chi connectivity index (χ0) is 19.4. The molecule has 8 nitrogen and oxygen atoms in total. The smallest absolute Gasteiger partial charge is 0.315 e. The van der Waals surface area contributed by atoms with Crippen molar-refractivity contribution in [3.63, 3.8) is 0 Å². The molecule has 0 spiro atoms. The van der Waals surface area contributed by atoms with Gasteiger partial charge in [0.05, 0.1) is 25.2 Å². The van der Waals surface area contributed by atoms with Gasteiger partial charge in [-0.2, -0.15) is 0 Å². The van der Waals surface area contributed by atoms with Crippen molar-refractivity contribution >= 4 is 17.5 Å². The molecule has 0 radical (unpaired) electrons. The van der Waals surface area contributed by atoms with Crippen LogP contribution < -0.4 is 14.2 Å². The van der Waals surface area contributed by atoms with Crippen molar-refractivity contribution in [3.05, 3.63) is 57.6 Å². The number of ketones is 1. The monoisotopic (exact) mass is 371 g/mol. The maximum atomic E-state index is 12.4. The minimum absolute atomic E-state index is 0.0492. The Hall–Kier alpha value is -3.55. The highest BCUT2D eigenvalue weighted by molar-refractivity contribution is 6.07. The van der Waals surface area contributed by atoms with Gasteiger partial charge in [-0.05, 0) is 35.9 Å². The van der Waals surface area contributed by atoms with Crippen LogP contribution in [0.1, 0.15) is 22.3 Å². The number of carbonyl (C=O) groups excluding carboxylic acids is 1. The summed E-state index contributed by atoms with van der Waals surface area (Å²) in [7, 11) is 1.29. The number of phenolic OH excluding ortho intramolecular Hbond substituents is 1. The molecule has 1 aliphatic heterocycles. The first-order valence-corrected chi connectivity index (χ1v) is 8.17. The molecule has 0 saturated carbocycles. The molecule has 0 bridgehead atoms. The van der Waals surface area contributed by atoms with Crippen LogP contribution >= 0.6 is 0 Å². The number of nitro benzene ring substituents is 1. The standard InChI is InChI=1S/C19H17NO7/c1-25-18-10-12(9-14(19(18)22)20(23)24)3-5-15(21)13-4-6-16-17(11-13)27-8-2-7-26-16/h3-6,9-11,22H,2,7-8H2,1H3/b5-3+. The number of hydrogen-bond donors (Lipinski definition) is 1. The maximum Gasteiger partial charge on any atom is 0.315 e. The summed E-state index contributed by atoms with van der Waals surface area (Å²) < 4.78 is 16.0. The van der Waals surface area contributed by atoms with Gasteiger partial charge in [0.25, 0.3) is 0 Å². The zero-order valence-corrected chi connectivity index (χ0v) is 14.5. The average molecular weight is 371 g/mol. The number of allylic oxidation sites excluding steroid dienone is 1. The first-order chi connectivity index (χ1) is 13.0. The van der Waals surface area contributed by atoms with Crippen molar-refractivity contribution in [2.75, 3.05) is 20.3 Å². The van der Waals surface area contributed by atoms with E-state index in [1.807, 2.05) is 0 Å². The number of ether oxygens (including phenoxy) is 3. The maximum absolute atomic E-state index is 12.4. The van der Waals surface area contributed by atoms with Gasteiger partial charge >= 0.3 is 5.69 Å². The van der Waals surface area contributed by atoms with Crippen LogP contribution in [-0.2, 0) is 0 Å². The molecule has 0 aliphatic carbocycles. The lowest BCUT2D eigenvalue weighted by molar-refractivity contribution is -0.386. The molecular weight excluding hydrogens is 354 g/mol. The summed E-state index contributed by atoms with van der Waals surface area (Å²) >= 11 is 0. The van der Waals surface area contributed by atoms with Crippen LogP contribution in [0.15, 0.2) is 36.4 Å². The molecule has 1 aliphatic rings. The van der Waals surface area contributed by atoms with Gasteiger partial charge in [-0.25, -0.2) is 0 Å². The van der Waals surface area contributed by atoms with E-state index in [2.05, 4.69) is 0 Å². The third kappa shape index (κ3) is 4.00. The Bertz CT molecular complexity index is 921. The Labute approximate surface area is 154 Å². The van der Waals surface area contributed by atoms with Crippen molar-refractivity contribution in [3.8, 4) is 23.0 Å². The van der Waals surface area contributed by atoms with E-state index >= 15 is 0 Å². The summed E-state index contributed by atoms with van der Waals surface area (Å²) in [5.74, 6) is 0.182. The highest BCUT2D eigenvalue weighted by Gasteiger charge is 2.19. The summed E-state index contributed by atoms with van der Waals surface area (Å²) in [5, 5.41) is 20.8. The number of benzene rings is 2. The van der Waals surface area contributed by atoms with E-state index in [9.17, 15) is 20.0 Å². The molecule has 27 heavy (non-hydrogen) atoms. The molecule has 2 aromatic carbocycles. The van der Waals surface area contributed by atoms with E-state index in [-0.39, 0.29) is 11.5 Å². The van der Waals surface area contributed by atoms with E-state index in [0.717, 1.165) is 12.5 Å². The van der Waals surface area contributed by atoms with E-state index in [0.29, 0.717) is 35.8 Å². The molecule has 1 heterocycles. The highest BCUT2D eigenvalue weighted by Crippen LogP contribution is 2.37. The average Bonchev–Trinajstić information content (AvgIpc) is 2.91. The van der Waals surface area contributed by atoms with Gasteiger partial charge in [0.15, 0.2) is 23.0 Å². The lowest BCUT2D eigenvalue weighted by Crippen LogP contribution is -1.98. The SMILES string of the molecule is COc1cc(/C=C/C(=O)c2ccc3c(c2)OCCCO3)cc([N+](=O)[O-])c1O. The number of phenols is 1. The van der Waals surface area contributed by atoms with Gasteiger partial charge in [-0.15, -0.1) is 0 Å². The van der Waals surface area contributed by atoms with Crippen molar-refractivity contribution in [2.24, 2.45) is 0 Å². The minimum atomic E-state index is -0.721. The molecule has 0 atom stereocenters. The van der Waals surface area contributed by atoms with E-state index in [1.54, 1.807) is 18.2 Å². The molecule has 0 fully saturated rings. The van der Waals surface area contributed by atoms with Crippen LogP contribution in [0.3, 0.4) is 0 Å². The topological polar surface area (TPSA) is 108 Å². The molecule has 0 unspecified atom stereocenters. The Morgan fingerprint density at radius 3 is 2.67 bits per heavy atom. The quantitative estimate of drug-likeness (QED) is 0.371. The van der Waals surface area contributed by atoms with Crippen LogP contribution in [0.5, 0.6) is 23.0 Å². The number of carbonyl (C=O) groups is 1. The van der Waals surface area contributed by atoms with Crippen LogP contribution in [0.4, 0.5) is 5.69 Å². The van der Waals surface area contributed by atoms with Crippen molar-refractivity contribution < 1.29 is 29.0 Å². The second-order valence-electron chi connectivity index (χ2n) is 5.76. The van der Waals surface area contributed by atoms with Gasteiger partial charge < -0.3 is 19.3 Å². The third-order valence-electron chi connectivity index (χ3n) is 3.95. The second-order valence-corrected chi connectivity index (χ2v) is 5.76. The number of nitro groups is 1. The Morgan fingerprint density at radius 2 is 1.96 bits per heavy atom.